The van der Waals surface area contributed by atoms with Crippen LogP contribution in [0.1, 0.15) is 25.8 Å². The fourth-order valence-electron chi connectivity index (χ4n) is 2.11. The molecular formula is C16H22N4O2. The number of hydrogen-bond donors (Lipinski definition) is 3. The summed E-state index contributed by atoms with van der Waals surface area (Å²) in [6.07, 6.45) is 4.36. The molecule has 2 rings (SSSR count). The molecule has 6 nitrogen and oxygen atoms in total. The van der Waals surface area contributed by atoms with E-state index in [1.54, 1.807) is 24.0 Å². The molecule has 0 aliphatic heterocycles. The Kier molecular flexibility index (Phi) is 5.16. The third-order valence-corrected chi connectivity index (χ3v) is 3.33. The van der Waals surface area contributed by atoms with Crippen molar-refractivity contribution in [1.29, 1.82) is 0 Å². The number of carbonyl (C=O) groups is 1. The smallest absolute Gasteiger partial charge is 0.319 e. The third-order valence-electron chi connectivity index (χ3n) is 3.33. The number of rotatable bonds is 6. The average molecular weight is 302 g/mol. The number of amides is 2. The number of anilines is 1. The number of aryl methyl sites for hydroxylation is 1. The summed E-state index contributed by atoms with van der Waals surface area (Å²) in [5.74, 6) is 0. The Bertz CT molecular complexity index is 608. The highest BCUT2D eigenvalue weighted by Crippen LogP contribution is 2.18. The SMILES string of the molecule is CCCn1cc(NC(=O)NCC(C)(O)c2ccccc2)cn1. The van der Waals surface area contributed by atoms with Crippen molar-refractivity contribution in [2.75, 3.05) is 11.9 Å². The van der Waals surface area contributed by atoms with Gasteiger partial charge in [-0.15, -0.1) is 0 Å². The highest BCUT2D eigenvalue weighted by atomic mass is 16.3. The number of benzene rings is 1. The van der Waals surface area contributed by atoms with Crippen molar-refractivity contribution in [3.63, 3.8) is 0 Å². The van der Waals surface area contributed by atoms with Gasteiger partial charge in [0.05, 0.1) is 18.4 Å². The normalized spacial score (nSPS) is 13.4. The lowest BCUT2D eigenvalue weighted by molar-refractivity contribution is 0.0599. The summed E-state index contributed by atoms with van der Waals surface area (Å²) in [7, 11) is 0. The molecule has 6 heteroatoms. The van der Waals surface area contributed by atoms with E-state index in [9.17, 15) is 9.90 Å². The molecule has 1 aromatic heterocycles. The van der Waals surface area contributed by atoms with Crippen LogP contribution in [0.2, 0.25) is 0 Å². The zero-order valence-corrected chi connectivity index (χ0v) is 12.9. The number of aromatic nitrogens is 2. The maximum absolute atomic E-state index is 11.9. The van der Waals surface area contributed by atoms with Gasteiger partial charge in [0, 0.05) is 12.7 Å². The lowest BCUT2D eigenvalue weighted by Gasteiger charge is -2.24. The number of nitrogens with one attached hydrogen (secondary N) is 2. The maximum Gasteiger partial charge on any atom is 0.319 e. The van der Waals surface area contributed by atoms with Gasteiger partial charge in [0.2, 0.25) is 0 Å². The summed E-state index contributed by atoms with van der Waals surface area (Å²) in [4.78, 5) is 11.9. The van der Waals surface area contributed by atoms with Crippen LogP contribution in [0.25, 0.3) is 0 Å². The second kappa shape index (κ2) is 7.09. The highest BCUT2D eigenvalue weighted by Gasteiger charge is 2.23. The van der Waals surface area contributed by atoms with Crippen molar-refractivity contribution in [1.82, 2.24) is 15.1 Å². The minimum absolute atomic E-state index is 0.117. The first-order valence-electron chi connectivity index (χ1n) is 7.36. The molecule has 0 aliphatic rings. The van der Waals surface area contributed by atoms with Gasteiger partial charge in [0.25, 0.3) is 0 Å². The number of aliphatic hydroxyl groups is 1. The first kappa shape index (κ1) is 16.0. The van der Waals surface area contributed by atoms with Crippen molar-refractivity contribution >= 4 is 11.7 Å². The summed E-state index contributed by atoms with van der Waals surface area (Å²) in [6, 6.07) is 8.88. The van der Waals surface area contributed by atoms with Crippen LogP contribution in [0, 0.1) is 0 Å². The monoisotopic (exact) mass is 302 g/mol. The molecule has 1 heterocycles. The lowest BCUT2D eigenvalue weighted by atomic mass is 9.96. The molecule has 1 aromatic carbocycles. The zero-order valence-electron chi connectivity index (χ0n) is 12.9. The molecule has 1 atom stereocenters. The predicted molar refractivity (Wildman–Crippen MR) is 85.6 cm³/mol. The van der Waals surface area contributed by atoms with E-state index in [-0.39, 0.29) is 12.6 Å². The quantitative estimate of drug-likeness (QED) is 0.766. The standard InChI is InChI=1S/C16H22N4O2/c1-3-9-20-11-14(10-18-20)19-15(21)17-12-16(2,22)13-7-5-4-6-8-13/h4-8,10-11,22H,3,9,12H2,1-2H3,(H2,17,19,21). The molecular weight excluding hydrogens is 280 g/mol. The maximum atomic E-state index is 11.9. The van der Waals surface area contributed by atoms with E-state index in [0.717, 1.165) is 18.5 Å². The van der Waals surface area contributed by atoms with E-state index in [0.29, 0.717) is 5.69 Å². The Balaban J connectivity index is 1.86. The van der Waals surface area contributed by atoms with Crippen molar-refractivity contribution in [2.45, 2.75) is 32.4 Å². The number of nitrogens with zero attached hydrogens (tertiary/aromatic N) is 2. The van der Waals surface area contributed by atoms with Gasteiger partial charge < -0.3 is 15.7 Å². The topological polar surface area (TPSA) is 79.2 Å². The Hall–Kier alpha value is -2.34. The first-order chi connectivity index (χ1) is 10.5. The summed E-state index contributed by atoms with van der Waals surface area (Å²) in [6.45, 7) is 4.66. The first-order valence-corrected chi connectivity index (χ1v) is 7.36. The van der Waals surface area contributed by atoms with Crippen LogP contribution >= 0.6 is 0 Å². The minimum Gasteiger partial charge on any atom is -0.384 e. The van der Waals surface area contributed by atoms with Crippen molar-refractivity contribution < 1.29 is 9.90 Å². The lowest BCUT2D eigenvalue weighted by Crippen LogP contribution is -2.40. The molecule has 118 valence electrons. The van der Waals surface area contributed by atoms with Crippen LogP contribution in [-0.4, -0.2) is 27.5 Å². The number of carbonyl (C=O) groups excluding carboxylic acids is 1. The van der Waals surface area contributed by atoms with Gasteiger partial charge >= 0.3 is 6.03 Å². The van der Waals surface area contributed by atoms with Crippen LogP contribution in [0.4, 0.5) is 10.5 Å². The van der Waals surface area contributed by atoms with E-state index in [2.05, 4.69) is 22.7 Å². The predicted octanol–water partition coefficient (Wildman–Crippen LogP) is 2.32. The van der Waals surface area contributed by atoms with Crippen LogP contribution in [-0.2, 0) is 12.1 Å². The summed E-state index contributed by atoms with van der Waals surface area (Å²) in [5, 5.41) is 19.9. The van der Waals surface area contributed by atoms with Crippen molar-refractivity contribution in [3.8, 4) is 0 Å². The van der Waals surface area contributed by atoms with E-state index in [4.69, 9.17) is 0 Å². The van der Waals surface area contributed by atoms with Gasteiger partial charge in [-0.05, 0) is 18.9 Å². The van der Waals surface area contributed by atoms with Crippen LogP contribution in [0.3, 0.4) is 0 Å². The average Bonchev–Trinajstić information content (AvgIpc) is 2.94. The molecule has 2 amide bonds. The van der Waals surface area contributed by atoms with Gasteiger partial charge in [0.1, 0.15) is 5.60 Å². The van der Waals surface area contributed by atoms with Gasteiger partial charge in [-0.2, -0.15) is 5.10 Å². The van der Waals surface area contributed by atoms with Gasteiger partial charge in [-0.25, -0.2) is 4.79 Å². The molecule has 0 saturated carbocycles. The highest BCUT2D eigenvalue weighted by molar-refractivity contribution is 5.88. The van der Waals surface area contributed by atoms with Crippen LogP contribution in [0.15, 0.2) is 42.7 Å². The summed E-state index contributed by atoms with van der Waals surface area (Å²) in [5.41, 5.74) is 0.265. The Morgan fingerprint density at radius 1 is 1.36 bits per heavy atom. The molecule has 0 aliphatic carbocycles. The van der Waals surface area contributed by atoms with Crippen molar-refractivity contribution in [3.05, 3.63) is 48.3 Å². The Morgan fingerprint density at radius 2 is 2.09 bits per heavy atom. The van der Waals surface area contributed by atoms with E-state index in [1.807, 2.05) is 30.3 Å². The van der Waals surface area contributed by atoms with E-state index in [1.165, 1.54) is 0 Å². The van der Waals surface area contributed by atoms with E-state index < -0.39 is 5.60 Å². The van der Waals surface area contributed by atoms with E-state index >= 15 is 0 Å². The number of urea groups is 1. The Morgan fingerprint density at radius 3 is 2.77 bits per heavy atom. The second-order valence-corrected chi connectivity index (χ2v) is 5.44. The molecule has 0 radical (unpaired) electrons. The Labute approximate surface area is 130 Å². The molecule has 0 bridgehead atoms. The zero-order chi connectivity index (χ0) is 16.0. The fourth-order valence-corrected chi connectivity index (χ4v) is 2.11. The molecule has 0 fully saturated rings. The van der Waals surface area contributed by atoms with Gasteiger partial charge in [-0.3, -0.25) is 4.68 Å². The van der Waals surface area contributed by atoms with Crippen LogP contribution < -0.4 is 10.6 Å². The summed E-state index contributed by atoms with van der Waals surface area (Å²) < 4.78 is 1.77. The molecule has 2 aromatic rings. The van der Waals surface area contributed by atoms with Gasteiger partial charge in [-0.1, -0.05) is 37.3 Å². The van der Waals surface area contributed by atoms with Crippen molar-refractivity contribution in [2.24, 2.45) is 0 Å². The molecule has 1 unspecified atom stereocenters. The molecule has 22 heavy (non-hydrogen) atoms. The minimum atomic E-state index is -1.12. The van der Waals surface area contributed by atoms with Gasteiger partial charge in [0.15, 0.2) is 0 Å². The molecule has 0 spiro atoms. The second-order valence-electron chi connectivity index (χ2n) is 5.44. The molecule has 0 saturated heterocycles. The third kappa shape index (κ3) is 4.33. The summed E-state index contributed by atoms with van der Waals surface area (Å²) >= 11 is 0. The molecule has 3 N–H and O–H groups in total. The van der Waals surface area contributed by atoms with Crippen LogP contribution in [0.5, 0.6) is 0 Å². The fraction of sp³-hybridized carbons (Fsp3) is 0.375. The largest absolute Gasteiger partial charge is 0.384 e. The number of hydrogen-bond acceptors (Lipinski definition) is 3.